The molecule has 1 aliphatic heterocycles. The number of carbonyl (C=O) groups is 1. The number of hydrogen-bond donors (Lipinski definition) is 2. The van der Waals surface area contributed by atoms with Crippen LogP contribution in [0.5, 0.6) is 0 Å². The second-order valence-electron chi connectivity index (χ2n) is 6.01. The summed E-state index contributed by atoms with van der Waals surface area (Å²) in [4.78, 5) is 13.1. The Morgan fingerprint density at radius 1 is 1.17 bits per heavy atom. The summed E-state index contributed by atoms with van der Waals surface area (Å²) in [5.74, 6) is -0.454. The Hall–Kier alpha value is -2.24. The van der Waals surface area contributed by atoms with Crippen molar-refractivity contribution in [3.8, 4) is 0 Å². The Morgan fingerprint density at radius 3 is 2.54 bits per heavy atom. The largest absolute Gasteiger partial charge is 0.392 e. The van der Waals surface area contributed by atoms with E-state index in [2.05, 4.69) is 5.32 Å². The highest BCUT2D eigenvalue weighted by atomic mass is 19.1. The fourth-order valence-electron chi connectivity index (χ4n) is 3.13. The zero-order valence-corrected chi connectivity index (χ0v) is 13.3. The number of aliphatic hydroxyl groups is 1. The molecular formula is C19H20FNO3. The number of benzene rings is 2. The van der Waals surface area contributed by atoms with Crippen LogP contribution in [0.3, 0.4) is 0 Å². The van der Waals surface area contributed by atoms with E-state index in [0.717, 1.165) is 11.1 Å². The zero-order valence-electron chi connectivity index (χ0n) is 13.3. The Kier molecular flexibility index (Phi) is 4.92. The minimum Gasteiger partial charge on any atom is -0.392 e. The standard InChI is InChI=1S/C19H20FNO3/c20-16-6-4-15(5-7-16)19(8-10-24-11-9-19)18(23)21-17-3-1-2-14(12-17)13-22/h1-7,12,22H,8-11,13H2,(H,21,23). The van der Waals surface area contributed by atoms with Crippen molar-refractivity contribution in [3.05, 3.63) is 65.5 Å². The molecule has 1 fully saturated rings. The molecule has 3 rings (SSSR count). The second kappa shape index (κ2) is 7.11. The maximum atomic E-state index is 13.3. The zero-order chi connectivity index (χ0) is 17.0. The van der Waals surface area contributed by atoms with Crippen molar-refractivity contribution in [3.63, 3.8) is 0 Å². The number of anilines is 1. The first kappa shape index (κ1) is 16.6. The van der Waals surface area contributed by atoms with Gasteiger partial charge in [0.05, 0.1) is 12.0 Å². The molecule has 126 valence electrons. The number of rotatable bonds is 4. The molecule has 1 aliphatic rings. The summed E-state index contributed by atoms with van der Waals surface area (Å²) in [6.45, 7) is 0.892. The number of nitrogens with one attached hydrogen (secondary N) is 1. The van der Waals surface area contributed by atoms with Crippen LogP contribution in [-0.4, -0.2) is 24.2 Å². The fourth-order valence-corrected chi connectivity index (χ4v) is 3.13. The first-order valence-electron chi connectivity index (χ1n) is 7.99. The molecular weight excluding hydrogens is 309 g/mol. The van der Waals surface area contributed by atoms with Gasteiger partial charge in [-0.15, -0.1) is 0 Å². The van der Waals surface area contributed by atoms with Gasteiger partial charge in [0.15, 0.2) is 0 Å². The van der Waals surface area contributed by atoms with E-state index in [1.54, 1.807) is 36.4 Å². The highest BCUT2D eigenvalue weighted by Gasteiger charge is 2.41. The smallest absolute Gasteiger partial charge is 0.235 e. The maximum Gasteiger partial charge on any atom is 0.235 e. The average molecular weight is 329 g/mol. The molecule has 2 aromatic rings. The molecule has 0 unspecified atom stereocenters. The van der Waals surface area contributed by atoms with Crippen molar-refractivity contribution in [2.45, 2.75) is 24.9 Å². The Balaban J connectivity index is 1.90. The molecule has 4 nitrogen and oxygen atoms in total. The van der Waals surface area contributed by atoms with Gasteiger partial charge in [-0.1, -0.05) is 24.3 Å². The van der Waals surface area contributed by atoms with Crippen LogP contribution in [0.15, 0.2) is 48.5 Å². The van der Waals surface area contributed by atoms with E-state index >= 15 is 0 Å². The molecule has 5 heteroatoms. The fraction of sp³-hybridized carbons (Fsp3) is 0.316. The van der Waals surface area contributed by atoms with E-state index in [1.807, 2.05) is 0 Å². The van der Waals surface area contributed by atoms with Crippen molar-refractivity contribution < 1.29 is 19.0 Å². The van der Waals surface area contributed by atoms with E-state index in [-0.39, 0.29) is 18.3 Å². The third-order valence-electron chi connectivity index (χ3n) is 4.55. The van der Waals surface area contributed by atoms with Crippen molar-refractivity contribution in [1.29, 1.82) is 0 Å². The quantitative estimate of drug-likeness (QED) is 0.906. The summed E-state index contributed by atoms with van der Waals surface area (Å²) >= 11 is 0. The van der Waals surface area contributed by atoms with Crippen molar-refractivity contribution in [1.82, 2.24) is 0 Å². The van der Waals surface area contributed by atoms with Crippen LogP contribution in [0.2, 0.25) is 0 Å². The Labute approximate surface area is 140 Å². The lowest BCUT2D eigenvalue weighted by Crippen LogP contribution is -2.44. The van der Waals surface area contributed by atoms with Crippen molar-refractivity contribution in [2.24, 2.45) is 0 Å². The molecule has 0 atom stereocenters. The molecule has 1 heterocycles. The van der Waals surface area contributed by atoms with Gasteiger partial charge in [0.1, 0.15) is 5.82 Å². The molecule has 1 amide bonds. The Morgan fingerprint density at radius 2 is 1.88 bits per heavy atom. The molecule has 0 spiro atoms. The number of carbonyl (C=O) groups excluding carboxylic acids is 1. The van der Waals surface area contributed by atoms with Gasteiger partial charge in [-0.3, -0.25) is 4.79 Å². The third-order valence-corrected chi connectivity index (χ3v) is 4.55. The number of ether oxygens (including phenoxy) is 1. The monoisotopic (exact) mass is 329 g/mol. The van der Waals surface area contributed by atoms with Gasteiger partial charge in [0, 0.05) is 18.9 Å². The van der Waals surface area contributed by atoms with E-state index in [0.29, 0.717) is 31.7 Å². The molecule has 0 aliphatic carbocycles. The second-order valence-corrected chi connectivity index (χ2v) is 6.01. The van der Waals surface area contributed by atoms with Gasteiger partial charge in [-0.2, -0.15) is 0 Å². The molecule has 2 aromatic carbocycles. The minimum atomic E-state index is -0.735. The molecule has 0 aromatic heterocycles. The first-order chi connectivity index (χ1) is 11.6. The molecule has 24 heavy (non-hydrogen) atoms. The van der Waals surface area contributed by atoms with E-state index in [4.69, 9.17) is 4.74 Å². The highest BCUT2D eigenvalue weighted by Crippen LogP contribution is 2.36. The molecule has 0 radical (unpaired) electrons. The lowest BCUT2D eigenvalue weighted by Gasteiger charge is -2.36. The Bertz CT molecular complexity index is 709. The number of hydrogen-bond acceptors (Lipinski definition) is 3. The van der Waals surface area contributed by atoms with Crippen LogP contribution < -0.4 is 5.32 Å². The molecule has 0 bridgehead atoms. The third kappa shape index (κ3) is 3.32. The molecule has 1 saturated heterocycles. The van der Waals surface area contributed by atoms with Gasteiger partial charge in [0.25, 0.3) is 0 Å². The van der Waals surface area contributed by atoms with Gasteiger partial charge in [-0.05, 0) is 48.2 Å². The average Bonchev–Trinajstić information content (AvgIpc) is 2.63. The summed E-state index contributed by atoms with van der Waals surface area (Å²) in [5, 5.41) is 12.2. The SMILES string of the molecule is O=C(Nc1cccc(CO)c1)C1(c2ccc(F)cc2)CCOCC1. The van der Waals surface area contributed by atoms with Crippen LogP contribution in [0.25, 0.3) is 0 Å². The minimum absolute atomic E-state index is 0.0827. The lowest BCUT2D eigenvalue weighted by molar-refractivity contribution is -0.125. The molecule has 2 N–H and O–H groups in total. The van der Waals surface area contributed by atoms with Crippen LogP contribution >= 0.6 is 0 Å². The summed E-state index contributed by atoms with van der Waals surface area (Å²) in [6.07, 6.45) is 1.09. The predicted octanol–water partition coefficient (Wildman–Crippen LogP) is 3.00. The highest BCUT2D eigenvalue weighted by molar-refractivity contribution is 5.99. The van der Waals surface area contributed by atoms with Crippen LogP contribution in [0.1, 0.15) is 24.0 Å². The van der Waals surface area contributed by atoms with E-state index in [1.165, 1.54) is 12.1 Å². The normalized spacial score (nSPS) is 16.6. The first-order valence-corrected chi connectivity index (χ1v) is 7.99. The number of halogens is 1. The van der Waals surface area contributed by atoms with Crippen LogP contribution in [0.4, 0.5) is 10.1 Å². The summed E-state index contributed by atoms with van der Waals surface area (Å²) in [5.41, 5.74) is 1.43. The van der Waals surface area contributed by atoms with Gasteiger partial charge < -0.3 is 15.2 Å². The predicted molar refractivity (Wildman–Crippen MR) is 89.1 cm³/mol. The van der Waals surface area contributed by atoms with Crippen molar-refractivity contribution in [2.75, 3.05) is 18.5 Å². The molecule has 0 saturated carbocycles. The van der Waals surface area contributed by atoms with Gasteiger partial charge in [-0.25, -0.2) is 4.39 Å². The van der Waals surface area contributed by atoms with Crippen LogP contribution in [0, 0.1) is 5.82 Å². The summed E-state index contributed by atoms with van der Waals surface area (Å²) in [6, 6.07) is 13.2. The number of amides is 1. The maximum absolute atomic E-state index is 13.3. The topological polar surface area (TPSA) is 58.6 Å². The number of aliphatic hydroxyl groups excluding tert-OH is 1. The van der Waals surface area contributed by atoms with Crippen molar-refractivity contribution >= 4 is 11.6 Å². The van der Waals surface area contributed by atoms with Gasteiger partial charge >= 0.3 is 0 Å². The van der Waals surface area contributed by atoms with Crippen LogP contribution in [-0.2, 0) is 21.6 Å². The summed E-state index contributed by atoms with van der Waals surface area (Å²) in [7, 11) is 0. The van der Waals surface area contributed by atoms with E-state index < -0.39 is 5.41 Å². The van der Waals surface area contributed by atoms with E-state index in [9.17, 15) is 14.3 Å². The summed E-state index contributed by atoms with van der Waals surface area (Å²) < 4.78 is 18.7. The van der Waals surface area contributed by atoms with Gasteiger partial charge in [0.2, 0.25) is 5.91 Å². The lowest BCUT2D eigenvalue weighted by atomic mass is 9.73.